The molecule has 0 bridgehead atoms. The third-order valence-electron chi connectivity index (χ3n) is 5.03. The third kappa shape index (κ3) is 16.4. The first-order valence-corrected chi connectivity index (χ1v) is 11.0. The van der Waals surface area contributed by atoms with Crippen LogP contribution in [0.2, 0.25) is 0 Å². The van der Waals surface area contributed by atoms with E-state index in [1.165, 1.54) is 57.8 Å². The molecule has 26 heavy (non-hydrogen) atoms. The molecule has 0 heterocycles. The van der Waals surface area contributed by atoms with Crippen LogP contribution < -0.4 is 5.32 Å². The van der Waals surface area contributed by atoms with Gasteiger partial charge in [-0.3, -0.25) is 4.79 Å². The van der Waals surface area contributed by atoms with Crippen LogP contribution in [0, 0.1) is 5.41 Å². The molecule has 1 unspecified atom stereocenters. The van der Waals surface area contributed by atoms with Gasteiger partial charge in [-0.2, -0.15) is 0 Å². The van der Waals surface area contributed by atoms with Gasteiger partial charge in [0.1, 0.15) is 0 Å². The van der Waals surface area contributed by atoms with Crippen LogP contribution in [-0.2, 0) is 4.79 Å². The SMILES string of the molecule is CCCCC/C=C\C/C=C\CCCCCCCC(=O)NC(C)C(C)(C)C. The van der Waals surface area contributed by atoms with Gasteiger partial charge in [0, 0.05) is 12.5 Å². The Morgan fingerprint density at radius 2 is 1.38 bits per heavy atom. The minimum atomic E-state index is 0.133. The molecular weight excluding hydrogens is 318 g/mol. The lowest BCUT2D eigenvalue weighted by atomic mass is 9.88. The molecule has 0 radical (unpaired) electrons. The highest BCUT2D eigenvalue weighted by Gasteiger charge is 2.21. The van der Waals surface area contributed by atoms with Gasteiger partial charge in [0.25, 0.3) is 0 Å². The van der Waals surface area contributed by atoms with E-state index in [9.17, 15) is 4.79 Å². The van der Waals surface area contributed by atoms with Crippen molar-refractivity contribution in [3.8, 4) is 0 Å². The van der Waals surface area contributed by atoms with Gasteiger partial charge in [-0.05, 0) is 50.9 Å². The van der Waals surface area contributed by atoms with Gasteiger partial charge in [-0.1, -0.05) is 84.1 Å². The zero-order chi connectivity index (χ0) is 19.7. The van der Waals surface area contributed by atoms with Crippen LogP contribution in [0.25, 0.3) is 0 Å². The lowest BCUT2D eigenvalue weighted by molar-refractivity contribution is -0.122. The molecule has 2 heteroatoms. The van der Waals surface area contributed by atoms with Gasteiger partial charge in [0.15, 0.2) is 0 Å². The van der Waals surface area contributed by atoms with Crippen molar-refractivity contribution >= 4 is 5.91 Å². The zero-order valence-corrected chi connectivity index (χ0v) is 18.3. The summed E-state index contributed by atoms with van der Waals surface area (Å²) >= 11 is 0. The minimum Gasteiger partial charge on any atom is -0.353 e. The molecule has 0 aromatic rings. The van der Waals surface area contributed by atoms with Crippen molar-refractivity contribution < 1.29 is 4.79 Å². The van der Waals surface area contributed by atoms with Crippen LogP contribution >= 0.6 is 0 Å². The zero-order valence-electron chi connectivity index (χ0n) is 18.3. The fourth-order valence-corrected chi connectivity index (χ4v) is 2.63. The molecule has 2 nitrogen and oxygen atoms in total. The average molecular weight is 364 g/mol. The summed E-state index contributed by atoms with van der Waals surface area (Å²) in [6, 6.07) is 0.230. The Morgan fingerprint density at radius 1 is 0.846 bits per heavy atom. The first kappa shape index (κ1) is 24.9. The van der Waals surface area contributed by atoms with Crippen molar-refractivity contribution in [2.24, 2.45) is 5.41 Å². The van der Waals surface area contributed by atoms with Gasteiger partial charge in [0.2, 0.25) is 5.91 Å². The molecule has 1 N–H and O–H groups in total. The highest BCUT2D eigenvalue weighted by atomic mass is 16.1. The number of nitrogens with one attached hydrogen (secondary N) is 1. The van der Waals surface area contributed by atoms with Crippen LogP contribution in [0.3, 0.4) is 0 Å². The van der Waals surface area contributed by atoms with Gasteiger partial charge in [0.05, 0.1) is 0 Å². The van der Waals surface area contributed by atoms with E-state index in [4.69, 9.17) is 0 Å². The van der Waals surface area contributed by atoms with Crippen molar-refractivity contribution in [1.29, 1.82) is 0 Å². The molecule has 0 spiro atoms. The second-order valence-electron chi connectivity index (χ2n) is 8.64. The first-order valence-electron chi connectivity index (χ1n) is 11.0. The van der Waals surface area contributed by atoms with Gasteiger partial charge < -0.3 is 5.32 Å². The highest BCUT2D eigenvalue weighted by molar-refractivity contribution is 5.76. The Labute approximate surface area is 163 Å². The van der Waals surface area contributed by atoms with Crippen molar-refractivity contribution in [3.63, 3.8) is 0 Å². The van der Waals surface area contributed by atoms with Gasteiger partial charge in [-0.15, -0.1) is 0 Å². The van der Waals surface area contributed by atoms with Crippen molar-refractivity contribution in [2.45, 2.75) is 118 Å². The lowest BCUT2D eigenvalue weighted by Crippen LogP contribution is -2.41. The Balaban J connectivity index is 3.43. The molecule has 0 saturated heterocycles. The van der Waals surface area contributed by atoms with Crippen LogP contribution in [-0.4, -0.2) is 11.9 Å². The summed E-state index contributed by atoms with van der Waals surface area (Å²) in [6.07, 6.45) is 23.3. The van der Waals surface area contributed by atoms with Crippen molar-refractivity contribution in [3.05, 3.63) is 24.3 Å². The Hall–Kier alpha value is -1.05. The van der Waals surface area contributed by atoms with Crippen LogP contribution in [0.4, 0.5) is 0 Å². The van der Waals surface area contributed by atoms with E-state index in [-0.39, 0.29) is 17.4 Å². The van der Waals surface area contributed by atoms with E-state index >= 15 is 0 Å². The average Bonchev–Trinajstić information content (AvgIpc) is 2.57. The van der Waals surface area contributed by atoms with Crippen LogP contribution in [0.1, 0.15) is 112 Å². The maximum atomic E-state index is 11.9. The molecule has 0 fully saturated rings. The van der Waals surface area contributed by atoms with Crippen molar-refractivity contribution in [2.75, 3.05) is 0 Å². The number of amides is 1. The molecular formula is C24H45NO. The summed E-state index contributed by atoms with van der Waals surface area (Å²) in [7, 11) is 0. The Bertz CT molecular complexity index is 390. The topological polar surface area (TPSA) is 29.1 Å². The van der Waals surface area contributed by atoms with E-state index in [2.05, 4.69) is 64.2 Å². The maximum Gasteiger partial charge on any atom is 0.220 e. The monoisotopic (exact) mass is 363 g/mol. The molecule has 1 atom stereocenters. The number of unbranched alkanes of at least 4 members (excludes halogenated alkanes) is 8. The number of hydrogen-bond donors (Lipinski definition) is 1. The highest BCUT2D eigenvalue weighted by Crippen LogP contribution is 2.18. The fraction of sp³-hybridized carbons (Fsp3) is 0.792. The van der Waals surface area contributed by atoms with Crippen molar-refractivity contribution in [1.82, 2.24) is 5.32 Å². The molecule has 152 valence electrons. The minimum absolute atomic E-state index is 0.133. The molecule has 0 aliphatic rings. The van der Waals surface area contributed by atoms with Gasteiger partial charge >= 0.3 is 0 Å². The number of rotatable bonds is 15. The van der Waals surface area contributed by atoms with Crippen LogP contribution in [0.5, 0.6) is 0 Å². The largest absolute Gasteiger partial charge is 0.353 e. The van der Waals surface area contributed by atoms with E-state index in [0.717, 1.165) is 12.8 Å². The summed E-state index contributed by atoms with van der Waals surface area (Å²) in [5.41, 5.74) is 0.133. The predicted octanol–water partition coefficient (Wildman–Crippen LogP) is 7.35. The Morgan fingerprint density at radius 3 is 1.96 bits per heavy atom. The lowest BCUT2D eigenvalue weighted by Gasteiger charge is -2.28. The summed E-state index contributed by atoms with van der Waals surface area (Å²) < 4.78 is 0. The summed E-state index contributed by atoms with van der Waals surface area (Å²) in [4.78, 5) is 11.9. The molecule has 0 aliphatic heterocycles. The second-order valence-corrected chi connectivity index (χ2v) is 8.64. The fourth-order valence-electron chi connectivity index (χ4n) is 2.63. The molecule has 0 aliphatic carbocycles. The summed E-state index contributed by atoms with van der Waals surface area (Å²) in [5, 5.41) is 3.12. The number of carbonyl (C=O) groups excluding carboxylic acids is 1. The number of carbonyl (C=O) groups is 1. The van der Waals surface area contributed by atoms with E-state index in [1.807, 2.05) is 0 Å². The predicted molar refractivity (Wildman–Crippen MR) is 116 cm³/mol. The molecule has 0 saturated carbocycles. The van der Waals surface area contributed by atoms with Gasteiger partial charge in [-0.25, -0.2) is 0 Å². The van der Waals surface area contributed by atoms with E-state index in [1.54, 1.807) is 0 Å². The normalized spacial score (nSPS) is 13.6. The van der Waals surface area contributed by atoms with E-state index in [0.29, 0.717) is 6.42 Å². The quantitative estimate of drug-likeness (QED) is 0.239. The third-order valence-corrected chi connectivity index (χ3v) is 5.03. The Kier molecular flexibility index (Phi) is 15.5. The maximum absolute atomic E-state index is 11.9. The molecule has 0 rings (SSSR count). The number of hydrogen-bond acceptors (Lipinski definition) is 1. The van der Waals surface area contributed by atoms with E-state index < -0.39 is 0 Å². The smallest absolute Gasteiger partial charge is 0.220 e. The molecule has 0 aromatic heterocycles. The summed E-state index contributed by atoms with van der Waals surface area (Å²) in [6.45, 7) is 10.8. The standard InChI is InChI=1S/C24H45NO/c1-6-7-8-9-10-11-12-13-14-15-16-17-18-19-20-21-23(26)25-22(2)24(3,4)5/h10-11,13-14,22H,6-9,12,15-21H2,1-5H3,(H,25,26)/b11-10-,14-13-. The summed E-state index contributed by atoms with van der Waals surface area (Å²) in [5.74, 6) is 0.207. The number of allylic oxidation sites excluding steroid dienone is 4. The van der Waals surface area contributed by atoms with Crippen LogP contribution in [0.15, 0.2) is 24.3 Å². The first-order chi connectivity index (χ1) is 12.4. The molecule has 0 aromatic carbocycles. The second kappa shape index (κ2) is 16.1. The molecule has 1 amide bonds.